The first-order valence-corrected chi connectivity index (χ1v) is 4.47. The number of thiocarbonyl (C=S) groups is 1. The third-order valence-electron chi connectivity index (χ3n) is 1.44. The predicted molar refractivity (Wildman–Crippen MR) is 56.7 cm³/mol. The lowest BCUT2D eigenvalue weighted by Crippen LogP contribution is -2.10. The van der Waals surface area contributed by atoms with E-state index in [0.717, 1.165) is 0 Å². The van der Waals surface area contributed by atoms with E-state index in [0.29, 0.717) is 10.0 Å². The van der Waals surface area contributed by atoms with E-state index in [9.17, 15) is 10.1 Å². The van der Waals surface area contributed by atoms with Crippen LogP contribution in [0.15, 0.2) is 22.7 Å². The van der Waals surface area contributed by atoms with E-state index in [2.05, 4.69) is 15.9 Å². The molecular weight excluding hydrogens is 256 g/mol. The summed E-state index contributed by atoms with van der Waals surface area (Å²) in [6.45, 7) is 0. The van der Waals surface area contributed by atoms with Crippen LogP contribution in [-0.2, 0) is 0 Å². The maximum absolute atomic E-state index is 10.5. The van der Waals surface area contributed by atoms with Crippen molar-refractivity contribution in [2.75, 3.05) is 0 Å². The van der Waals surface area contributed by atoms with Gasteiger partial charge in [-0.2, -0.15) is 0 Å². The molecule has 2 N–H and O–H groups in total. The van der Waals surface area contributed by atoms with Gasteiger partial charge in [-0.05, 0) is 15.9 Å². The summed E-state index contributed by atoms with van der Waals surface area (Å²) in [4.78, 5) is 10.1. The summed E-state index contributed by atoms with van der Waals surface area (Å²) in [5.41, 5.74) is 5.80. The van der Waals surface area contributed by atoms with Gasteiger partial charge in [0, 0.05) is 11.6 Å². The van der Waals surface area contributed by atoms with Crippen molar-refractivity contribution in [3.8, 4) is 0 Å². The van der Waals surface area contributed by atoms with Crippen LogP contribution in [0.25, 0.3) is 0 Å². The van der Waals surface area contributed by atoms with Gasteiger partial charge in [0.1, 0.15) is 9.46 Å². The van der Waals surface area contributed by atoms with Gasteiger partial charge in [-0.15, -0.1) is 0 Å². The molecule has 0 amide bonds. The first-order valence-electron chi connectivity index (χ1n) is 3.26. The van der Waals surface area contributed by atoms with Gasteiger partial charge in [-0.1, -0.05) is 24.4 Å². The van der Waals surface area contributed by atoms with Gasteiger partial charge >= 0.3 is 0 Å². The molecule has 0 aliphatic rings. The molecule has 0 saturated heterocycles. The molecule has 0 atom stereocenters. The molecular formula is C7H5BrN2O2S. The van der Waals surface area contributed by atoms with Crippen molar-refractivity contribution in [1.29, 1.82) is 0 Å². The van der Waals surface area contributed by atoms with E-state index in [1.807, 2.05) is 0 Å². The summed E-state index contributed by atoms with van der Waals surface area (Å²) >= 11 is 7.79. The van der Waals surface area contributed by atoms with Crippen LogP contribution in [0.2, 0.25) is 0 Å². The van der Waals surface area contributed by atoms with E-state index in [1.54, 1.807) is 6.07 Å². The number of nitro groups is 1. The largest absolute Gasteiger partial charge is 0.389 e. The van der Waals surface area contributed by atoms with Gasteiger partial charge in [-0.3, -0.25) is 10.1 Å². The number of nitro benzene ring substituents is 1. The fourth-order valence-electron chi connectivity index (χ4n) is 0.851. The molecule has 4 nitrogen and oxygen atoms in total. The zero-order chi connectivity index (χ0) is 10.0. The Morgan fingerprint density at radius 2 is 2.23 bits per heavy atom. The molecule has 0 heterocycles. The zero-order valence-corrected chi connectivity index (χ0v) is 8.76. The first-order chi connectivity index (χ1) is 6.04. The second kappa shape index (κ2) is 3.80. The fraction of sp³-hybridized carbons (Fsp3) is 0. The standard InChI is InChI=1S/C7H5BrN2O2S/c8-6-4(7(9)13)2-1-3-5(6)10(11)12/h1-3H,(H2,9,13). The molecule has 0 aliphatic carbocycles. The highest BCUT2D eigenvalue weighted by molar-refractivity contribution is 9.10. The molecule has 0 unspecified atom stereocenters. The van der Waals surface area contributed by atoms with Gasteiger partial charge in [0.2, 0.25) is 0 Å². The minimum absolute atomic E-state index is 0.0368. The van der Waals surface area contributed by atoms with Gasteiger partial charge in [-0.25, -0.2) is 0 Å². The highest BCUT2D eigenvalue weighted by atomic mass is 79.9. The average molecular weight is 261 g/mol. The highest BCUT2D eigenvalue weighted by Crippen LogP contribution is 2.27. The normalized spacial score (nSPS) is 9.62. The van der Waals surface area contributed by atoms with Crippen LogP contribution in [0.3, 0.4) is 0 Å². The minimum Gasteiger partial charge on any atom is -0.389 e. The topological polar surface area (TPSA) is 69.2 Å². The Morgan fingerprint density at radius 3 is 2.69 bits per heavy atom. The monoisotopic (exact) mass is 260 g/mol. The molecule has 0 bridgehead atoms. The van der Waals surface area contributed by atoms with E-state index in [-0.39, 0.29) is 10.7 Å². The minimum atomic E-state index is -0.494. The summed E-state index contributed by atoms with van der Waals surface area (Å²) in [6.07, 6.45) is 0. The molecule has 0 aromatic heterocycles. The molecule has 0 fully saturated rings. The van der Waals surface area contributed by atoms with Gasteiger partial charge in [0.15, 0.2) is 0 Å². The van der Waals surface area contributed by atoms with E-state index >= 15 is 0 Å². The van der Waals surface area contributed by atoms with Crippen LogP contribution < -0.4 is 5.73 Å². The quantitative estimate of drug-likeness (QED) is 0.502. The van der Waals surface area contributed by atoms with Crippen LogP contribution in [0.1, 0.15) is 5.56 Å². The molecule has 1 aromatic carbocycles. The van der Waals surface area contributed by atoms with E-state index in [4.69, 9.17) is 18.0 Å². The van der Waals surface area contributed by atoms with E-state index in [1.165, 1.54) is 12.1 Å². The second-order valence-corrected chi connectivity index (χ2v) is 3.49. The maximum atomic E-state index is 10.5. The molecule has 0 spiro atoms. The number of nitrogens with zero attached hydrogens (tertiary/aromatic N) is 1. The average Bonchev–Trinajstić information content (AvgIpc) is 2.03. The third kappa shape index (κ3) is 2.02. The number of benzene rings is 1. The number of hydrogen-bond acceptors (Lipinski definition) is 3. The van der Waals surface area contributed by atoms with Crippen LogP contribution in [0, 0.1) is 10.1 Å². The predicted octanol–water partition coefficient (Wildman–Crippen LogP) is 1.99. The summed E-state index contributed by atoms with van der Waals surface area (Å²) in [6, 6.07) is 4.54. The van der Waals surface area contributed by atoms with Crippen molar-refractivity contribution in [1.82, 2.24) is 0 Å². The Balaban J connectivity index is 3.35. The molecule has 0 saturated carbocycles. The Morgan fingerprint density at radius 1 is 1.62 bits per heavy atom. The second-order valence-electron chi connectivity index (χ2n) is 2.26. The lowest BCUT2D eigenvalue weighted by atomic mass is 10.2. The number of halogens is 1. The molecule has 0 aliphatic heterocycles. The van der Waals surface area contributed by atoms with Crippen molar-refractivity contribution in [3.63, 3.8) is 0 Å². The molecule has 0 radical (unpaired) electrons. The van der Waals surface area contributed by atoms with Crippen molar-refractivity contribution in [3.05, 3.63) is 38.3 Å². The first kappa shape index (κ1) is 10.1. The summed E-state index contributed by atoms with van der Waals surface area (Å²) in [5, 5.41) is 10.5. The van der Waals surface area contributed by atoms with Crippen molar-refractivity contribution in [2.45, 2.75) is 0 Å². The Kier molecular flexibility index (Phi) is 2.94. The highest BCUT2D eigenvalue weighted by Gasteiger charge is 2.15. The molecule has 1 aromatic rings. The zero-order valence-electron chi connectivity index (χ0n) is 6.36. The Bertz CT molecular complexity index is 349. The van der Waals surface area contributed by atoms with Gasteiger partial charge in [0.05, 0.1) is 4.92 Å². The maximum Gasteiger partial charge on any atom is 0.284 e. The number of hydrogen-bond donors (Lipinski definition) is 1. The fourth-order valence-corrected chi connectivity index (χ4v) is 1.78. The van der Waals surface area contributed by atoms with Gasteiger partial charge in [0.25, 0.3) is 5.69 Å². The van der Waals surface area contributed by atoms with Crippen molar-refractivity contribution in [2.24, 2.45) is 5.73 Å². The summed E-state index contributed by atoms with van der Waals surface area (Å²) in [5.74, 6) is 0. The van der Waals surface area contributed by atoms with Crippen LogP contribution in [0.4, 0.5) is 5.69 Å². The molecule has 6 heteroatoms. The van der Waals surface area contributed by atoms with Crippen LogP contribution in [0.5, 0.6) is 0 Å². The van der Waals surface area contributed by atoms with Crippen LogP contribution in [-0.4, -0.2) is 9.91 Å². The number of rotatable bonds is 2. The Labute approximate surface area is 88.0 Å². The summed E-state index contributed by atoms with van der Waals surface area (Å²) in [7, 11) is 0. The molecule has 68 valence electrons. The smallest absolute Gasteiger partial charge is 0.284 e. The lowest BCUT2D eigenvalue weighted by Gasteiger charge is -2.01. The molecule has 1 rings (SSSR count). The van der Waals surface area contributed by atoms with Crippen LogP contribution >= 0.6 is 28.1 Å². The third-order valence-corrected chi connectivity index (χ3v) is 2.49. The molecule has 13 heavy (non-hydrogen) atoms. The lowest BCUT2D eigenvalue weighted by molar-refractivity contribution is -0.385. The van der Waals surface area contributed by atoms with Gasteiger partial charge < -0.3 is 5.73 Å². The Hall–Kier alpha value is -1.01. The van der Waals surface area contributed by atoms with E-state index < -0.39 is 4.92 Å². The van der Waals surface area contributed by atoms with Crippen molar-refractivity contribution >= 4 is 38.8 Å². The van der Waals surface area contributed by atoms with Crippen molar-refractivity contribution < 1.29 is 4.92 Å². The summed E-state index contributed by atoms with van der Waals surface area (Å²) < 4.78 is 0.326. The SMILES string of the molecule is NC(=S)c1cccc([N+](=O)[O-])c1Br. The number of nitrogens with two attached hydrogens (primary N) is 1.